The molecule has 2 rings (SSSR count). The van der Waals surface area contributed by atoms with E-state index in [1.54, 1.807) is 6.92 Å². The average Bonchev–Trinajstić information content (AvgIpc) is 2.35. The maximum Gasteiger partial charge on any atom is 0.343 e. The molecular formula is C16H21NO4. The molecule has 0 unspecified atom stereocenters. The van der Waals surface area contributed by atoms with Gasteiger partial charge in [0.2, 0.25) is 5.43 Å². The minimum absolute atomic E-state index is 0.0221. The third-order valence-electron chi connectivity index (χ3n) is 3.77. The van der Waals surface area contributed by atoms with Gasteiger partial charge in [-0.2, -0.15) is 0 Å². The first kappa shape index (κ1) is 15.5. The molecule has 21 heavy (non-hydrogen) atoms. The second-order valence-electron chi connectivity index (χ2n) is 6.18. The van der Waals surface area contributed by atoms with Crippen LogP contribution in [0.5, 0.6) is 0 Å². The zero-order chi connectivity index (χ0) is 15.8. The topological polar surface area (TPSA) is 76.2 Å². The fourth-order valence-corrected chi connectivity index (χ4v) is 2.88. The predicted octanol–water partition coefficient (Wildman–Crippen LogP) is 2.27. The minimum Gasteiger partial charge on any atom is -0.462 e. The van der Waals surface area contributed by atoms with Crippen molar-refractivity contribution in [1.29, 1.82) is 0 Å². The molecule has 5 nitrogen and oxygen atoms in total. The van der Waals surface area contributed by atoms with Crippen LogP contribution in [-0.2, 0) is 17.6 Å². The predicted molar refractivity (Wildman–Crippen MR) is 78.8 cm³/mol. The number of ketones is 1. The summed E-state index contributed by atoms with van der Waals surface area (Å²) < 4.78 is 4.95. The number of ether oxygens (including phenoxy) is 1. The molecule has 0 amide bonds. The lowest BCUT2D eigenvalue weighted by atomic mass is 9.75. The summed E-state index contributed by atoms with van der Waals surface area (Å²) >= 11 is 0. The van der Waals surface area contributed by atoms with E-state index >= 15 is 0 Å². The molecule has 1 N–H and O–H groups in total. The van der Waals surface area contributed by atoms with Gasteiger partial charge in [0.25, 0.3) is 0 Å². The molecule has 1 aromatic rings. The summed E-state index contributed by atoms with van der Waals surface area (Å²) in [6, 6.07) is 0. The largest absolute Gasteiger partial charge is 0.462 e. The Balaban J connectivity index is 2.67. The summed E-state index contributed by atoms with van der Waals surface area (Å²) in [6.45, 7) is 7.73. The average molecular weight is 291 g/mol. The van der Waals surface area contributed by atoms with Gasteiger partial charge in [0.05, 0.1) is 12.2 Å². The van der Waals surface area contributed by atoms with Crippen LogP contribution in [0.4, 0.5) is 0 Å². The van der Waals surface area contributed by atoms with Crippen LogP contribution in [0.3, 0.4) is 0 Å². The Hall–Kier alpha value is -1.91. The number of aryl methyl sites for hydroxylation is 1. The highest BCUT2D eigenvalue weighted by Crippen LogP contribution is 2.33. The minimum atomic E-state index is -0.656. The Kier molecular flexibility index (Phi) is 4.03. The van der Waals surface area contributed by atoms with Crippen LogP contribution in [0.15, 0.2) is 4.79 Å². The van der Waals surface area contributed by atoms with Crippen LogP contribution in [0.1, 0.15) is 66.2 Å². The summed E-state index contributed by atoms with van der Waals surface area (Å²) in [4.78, 5) is 40.0. The third kappa shape index (κ3) is 2.77. The van der Waals surface area contributed by atoms with Crippen LogP contribution in [0.2, 0.25) is 0 Å². The van der Waals surface area contributed by atoms with Crippen molar-refractivity contribution in [1.82, 2.24) is 4.98 Å². The Labute approximate surface area is 123 Å². The third-order valence-corrected chi connectivity index (χ3v) is 3.77. The number of H-pyrrole nitrogens is 1. The lowest BCUT2D eigenvalue weighted by Crippen LogP contribution is -2.36. The molecule has 1 aliphatic carbocycles. The van der Waals surface area contributed by atoms with E-state index in [-0.39, 0.29) is 28.9 Å². The summed E-state index contributed by atoms with van der Waals surface area (Å²) in [5.74, 6) is -0.855. The van der Waals surface area contributed by atoms with Gasteiger partial charge < -0.3 is 9.72 Å². The van der Waals surface area contributed by atoms with Crippen molar-refractivity contribution in [3.05, 3.63) is 32.7 Å². The van der Waals surface area contributed by atoms with Gasteiger partial charge in [-0.05, 0) is 25.2 Å². The van der Waals surface area contributed by atoms with E-state index in [0.29, 0.717) is 30.7 Å². The van der Waals surface area contributed by atoms with E-state index in [0.717, 1.165) is 0 Å². The molecule has 1 aliphatic rings. The van der Waals surface area contributed by atoms with Gasteiger partial charge in [-0.3, -0.25) is 9.59 Å². The highest BCUT2D eigenvalue weighted by molar-refractivity contribution is 6.01. The van der Waals surface area contributed by atoms with E-state index in [1.807, 2.05) is 20.8 Å². The molecule has 1 aromatic heterocycles. The maximum absolute atomic E-state index is 12.6. The van der Waals surface area contributed by atoms with E-state index < -0.39 is 11.4 Å². The first-order valence-electron chi connectivity index (χ1n) is 7.29. The number of hydrogen-bond acceptors (Lipinski definition) is 4. The number of hydrogen-bond donors (Lipinski definition) is 1. The van der Waals surface area contributed by atoms with Crippen molar-refractivity contribution in [2.24, 2.45) is 5.41 Å². The monoisotopic (exact) mass is 291 g/mol. The molecule has 1 heterocycles. The molecule has 0 saturated carbocycles. The summed E-state index contributed by atoms with van der Waals surface area (Å²) in [5, 5.41) is 0. The van der Waals surface area contributed by atoms with Crippen LogP contribution in [0.25, 0.3) is 0 Å². The molecule has 0 aliphatic heterocycles. The molecule has 0 aromatic carbocycles. The first-order valence-corrected chi connectivity index (χ1v) is 7.29. The number of aromatic nitrogens is 1. The number of carbonyl (C=O) groups excluding carboxylic acids is 2. The lowest BCUT2D eigenvalue weighted by Gasteiger charge is -2.30. The van der Waals surface area contributed by atoms with E-state index in [9.17, 15) is 14.4 Å². The SMILES string of the molecule is CCOC(=O)c1c(CC)[nH]c2c(c1=O)C(=O)CC(C)(C)C2. The van der Waals surface area contributed by atoms with Crippen molar-refractivity contribution >= 4 is 11.8 Å². The van der Waals surface area contributed by atoms with Gasteiger partial charge in [-0.15, -0.1) is 0 Å². The fourth-order valence-electron chi connectivity index (χ4n) is 2.88. The van der Waals surface area contributed by atoms with Crippen molar-refractivity contribution in [3.8, 4) is 0 Å². The Morgan fingerprint density at radius 2 is 1.90 bits per heavy atom. The highest BCUT2D eigenvalue weighted by atomic mass is 16.5. The van der Waals surface area contributed by atoms with Crippen LogP contribution in [0, 0.1) is 5.41 Å². The number of nitrogens with one attached hydrogen (secondary N) is 1. The van der Waals surface area contributed by atoms with Crippen LogP contribution in [-0.4, -0.2) is 23.3 Å². The van der Waals surface area contributed by atoms with Gasteiger partial charge in [-0.1, -0.05) is 20.8 Å². The number of Topliss-reactive ketones (excluding diaryl/α,β-unsaturated/α-hetero) is 1. The quantitative estimate of drug-likeness (QED) is 0.867. The van der Waals surface area contributed by atoms with Crippen LogP contribution < -0.4 is 5.43 Å². The molecule has 0 atom stereocenters. The maximum atomic E-state index is 12.6. The number of pyridine rings is 1. The summed E-state index contributed by atoms with van der Waals surface area (Å²) in [6.07, 6.45) is 1.45. The van der Waals surface area contributed by atoms with E-state index in [4.69, 9.17) is 4.74 Å². The van der Waals surface area contributed by atoms with Crippen molar-refractivity contribution in [2.45, 2.75) is 47.0 Å². The highest BCUT2D eigenvalue weighted by Gasteiger charge is 2.35. The van der Waals surface area contributed by atoms with Crippen molar-refractivity contribution in [3.63, 3.8) is 0 Å². The molecule has 5 heteroatoms. The standard InChI is InChI=1S/C16H21NO4/c1-5-9-13(15(20)21-6-2)14(19)12-10(17-9)7-16(3,4)8-11(12)18/h5-8H2,1-4H3,(H,17,19). The van der Waals surface area contributed by atoms with Gasteiger partial charge >= 0.3 is 5.97 Å². The van der Waals surface area contributed by atoms with E-state index in [1.165, 1.54) is 0 Å². The zero-order valence-electron chi connectivity index (χ0n) is 13.0. The molecule has 0 saturated heterocycles. The van der Waals surface area contributed by atoms with Crippen molar-refractivity contribution in [2.75, 3.05) is 6.61 Å². The van der Waals surface area contributed by atoms with Crippen molar-refractivity contribution < 1.29 is 14.3 Å². The number of rotatable bonds is 3. The number of carbonyl (C=O) groups is 2. The Morgan fingerprint density at radius 1 is 1.24 bits per heavy atom. The molecule has 0 spiro atoms. The fraction of sp³-hybridized carbons (Fsp3) is 0.562. The Bertz CT molecular complexity index is 655. The summed E-state index contributed by atoms with van der Waals surface area (Å²) in [5.41, 5.74) is 0.637. The molecule has 0 fully saturated rings. The number of fused-ring (bicyclic) bond motifs is 1. The molecule has 114 valence electrons. The van der Waals surface area contributed by atoms with E-state index in [2.05, 4.69) is 4.98 Å². The van der Waals surface area contributed by atoms with Gasteiger partial charge in [0.15, 0.2) is 5.78 Å². The van der Waals surface area contributed by atoms with Gasteiger partial charge in [0.1, 0.15) is 5.56 Å². The number of aromatic amines is 1. The normalized spacial score (nSPS) is 16.5. The smallest absolute Gasteiger partial charge is 0.343 e. The second-order valence-corrected chi connectivity index (χ2v) is 6.18. The lowest BCUT2D eigenvalue weighted by molar-refractivity contribution is 0.0523. The summed E-state index contributed by atoms with van der Waals surface area (Å²) in [7, 11) is 0. The second kappa shape index (κ2) is 5.47. The first-order chi connectivity index (χ1) is 9.80. The van der Waals surface area contributed by atoms with Crippen LogP contribution >= 0.6 is 0 Å². The molecular weight excluding hydrogens is 270 g/mol. The molecule has 0 radical (unpaired) electrons. The number of esters is 1. The van der Waals surface area contributed by atoms with Gasteiger partial charge in [-0.25, -0.2) is 4.79 Å². The molecule has 0 bridgehead atoms. The van der Waals surface area contributed by atoms with Gasteiger partial charge in [0, 0.05) is 17.8 Å². The zero-order valence-corrected chi connectivity index (χ0v) is 13.0. The Morgan fingerprint density at radius 3 is 2.48 bits per heavy atom.